The molecular weight excluding hydrogens is 368 g/mol. The molecule has 1 aliphatic carbocycles. The predicted molar refractivity (Wildman–Crippen MR) is 125 cm³/mol. The van der Waals surface area contributed by atoms with Crippen LogP contribution in [0.3, 0.4) is 0 Å². The summed E-state index contributed by atoms with van der Waals surface area (Å²) in [6, 6.07) is 20.6. The molecule has 0 aliphatic heterocycles. The van der Waals surface area contributed by atoms with Gasteiger partial charge in [0.1, 0.15) is 0 Å². The summed E-state index contributed by atoms with van der Waals surface area (Å²) < 4.78 is 0. The van der Waals surface area contributed by atoms with Gasteiger partial charge in [0.05, 0.1) is 11.6 Å². The minimum atomic E-state index is -0.0487. The monoisotopic (exact) mass is 402 g/mol. The van der Waals surface area contributed by atoms with Gasteiger partial charge in [-0.3, -0.25) is 4.79 Å². The largest absolute Gasteiger partial charge is 0.381 e. The Hall–Kier alpha value is -2.81. The van der Waals surface area contributed by atoms with Gasteiger partial charge in [0.25, 0.3) is 5.91 Å². The summed E-state index contributed by atoms with van der Waals surface area (Å²) in [4.78, 5) is 13.3. The Morgan fingerprint density at radius 1 is 0.833 bits per heavy atom. The van der Waals surface area contributed by atoms with Crippen LogP contribution in [-0.2, 0) is 4.79 Å². The summed E-state index contributed by atoms with van der Waals surface area (Å²) in [5, 5.41) is 6.82. The van der Waals surface area contributed by atoms with Crippen LogP contribution in [0, 0.1) is 5.41 Å². The molecular formula is C27H34N2O. The second-order valence-electron chi connectivity index (χ2n) is 9.19. The van der Waals surface area contributed by atoms with E-state index in [2.05, 4.69) is 68.7 Å². The number of carbonyl (C=O) groups excluding carboxylic acids is 1. The number of hydrogen-bond acceptors (Lipinski definition) is 2. The molecule has 0 bridgehead atoms. The van der Waals surface area contributed by atoms with Crippen molar-refractivity contribution in [1.29, 1.82) is 0 Å². The Morgan fingerprint density at radius 3 is 1.90 bits per heavy atom. The van der Waals surface area contributed by atoms with Crippen molar-refractivity contribution in [2.24, 2.45) is 5.41 Å². The van der Waals surface area contributed by atoms with Gasteiger partial charge in [0.15, 0.2) is 0 Å². The zero-order valence-corrected chi connectivity index (χ0v) is 18.8. The van der Waals surface area contributed by atoms with Gasteiger partial charge in [-0.15, -0.1) is 0 Å². The van der Waals surface area contributed by atoms with Gasteiger partial charge in [0, 0.05) is 11.7 Å². The van der Waals surface area contributed by atoms with Gasteiger partial charge in [-0.1, -0.05) is 87.0 Å². The van der Waals surface area contributed by atoms with Gasteiger partial charge < -0.3 is 10.6 Å². The van der Waals surface area contributed by atoms with Crippen LogP contribution in [-0.4, -0.2) is 5.91 Å². The van der Waals surface area contributed by atoms with E-state index in [9.17, 15) is 4.79 Å². The predicted octanol–water partition coefficient (Wildman–Crippen LogP) is 6.24. The molecule has 0 spiro atoms. The lowest BCUT2D eigenvalue weighted by Crippen LogP contribution is -2.32. The maximum atomic E-state index is 13.3. The van der Waals surface area contributed by atoms with E-state index in [1.54, 1.807) is 0 Å². The third kappa shape index (κ3) is 5.41. The average Bonchev–Trinajstić information content (AvgIpc) is 2.74. The first kappa shape index (κ1) is 21.9. The molecule has 158 valence electrons. The molecule has 2 N–H and O–H groups in total. The van der Waals surface area contributed by atoms with E-state index in [0.717, 1.165) is 29.7 Å². The minimum absolute atomic E-state index is 0.0180. The molecule has 0 radical (unpaired) electrons. The van der Waals surface area contributed by atoms with Crippen molar-refractivity contribution in [2.75, 3.05) is 0 Å². The summed E-state index contributed by atoms with van der Waals surface area (Å²) in [7, 11) is 0. The van der Waals surface area contributed by atoms with Crippen LogP contribution in [0.4, 0.5) is 0 Å². The van der Waals surface area contributed by atoms with Gasteiger partial charge in [-0.25, -0.2) is 0 Å². The fraction of sp³-hybridized carbons (Fsp3) is 0.370. The maximum absolute atomic E-state index is 13.3. The highest BCUT2D eigenvalue weighted by Gasteiger charge is 2.26. The quantitative estimate of drug-likeness (QED) is 0.601. The average molecular weight is 403 g/mol. The third-order valence-electron chi connectivity index (χ3n) is 5.83. The molecule has 1 amide bonds. The molecule has 0 heterocycles. The van der Waals surface area contributed by atoms with Gasteiger partial charge in [0.2, 0.25) is 0 Å². The molecule has 0 saturated carbocycles. The molecule has 1 aliphatic rings. The molecule has 2 atom stereocenters. The second-order valence-corrected chi connectivity index (χ2v) is 9.19. The Morgan fingerprint density at radius 2 is 1.37 bits per heavy atom. The SMILES string of the molecule is CC(NC(=O)C1=C(NC(C)c2ccccc2)CCC(C(C)(C)C)=C1)c1ccccc1. The van der Waals surface area contributed by atoms with E-state index in [4.69, 9.17) is 0 Å². The van der Waals surface area contributed by atoms with E-state index in [1.165, 1.54) is 11.1 Å². The molecule has 3 nitrogen and oxygen atoms in total. The van der Waals surface area contributed by atoms with Gasteiger partial charge in [-0.05, 0) is 49.3 Å². The number of nitrogens with one attached hydrogen (secondary N) is 2. The molecule has 3 heteroatoms. The summed E-state index contributed by atoms with van der Waals surface area (Å²) in [5.41, 5.74) is 5.47. The standard InChI is InChI=1S/C27H34N2O/c1-19(21-12-8-6-9-13-21)28-25-17-16-23(27(3,4)5)18-24(25)26(30)29-20(2)22-14-10-7-11-15-22/h6-15,18-20,28H,16-17H2,1-5H3,(H,29,30). The van der Waals surface area contributed by atoms with Crippen molar-refractivity contribution in [1.82, 2.24) is 10.6 Å². The van der Waals surface area contributed by atoms with Crippen LogP contribution < -0.4 is 10.6 Å². The molecule has 0 fully saturated rings. The molecule has 30 heavy (non-hydrogen) atoms. The van der Waals surface area contributed by atoms with Crippen molar-refractivity contribution in [3.8, 4) is 0 Å². The van der Waals surface area contributed by atoms with Crippen LogP contribution in [0.2, 0.25) is 0 Å². The number of amides is 1. The van der Waals surface area contributed by atoms with Crippen molar-refractivity contribution in [3.05, 3.63) is 94.7 Å². The van der Waals surface area contributed by atoms with E-state index in [1.807, 2.05) is 43.3 Å². The maximum Gasteiger partial charge on any atom is 0.253 e. The highest BCUT2D eigenvalue weighted by atomic mass is 16.1. The Balaban J connectivity index is 1.88. The number of carbonyl (C=O) groups is 1. The normalized spacial score (nSPS) is 16.5. The molecule has 0 saturated heterocycles. The van der Waals surface area contributed by atoms with Crippen LogP contribution in [0.5, 0.6) is 0 Å². The van der Waals surface area contributed by atoms with Gasteiger partial charge >= 0.3 is 0 Å². The minimum Gasteiger partial charge on any atom is -0.381 e. The first-order valence-corrected chi connectivity index (χ1v) is 10.9. The fourth-order valence-electron chi connectivity index (χ4n) is 3.86. The summed E-state index contributed by atoms with van der Waals surface area (Å²) >= 11 is 0. The number of allylic oxidation sites excluding steroid dienone is 2. The Labute approximate surface area is 181 Å². The van der Waals surface area contributed by atoms with Crippen LogP contribution >= 0.6 is 0 Å². The first-order valence-electron chi connectivity index (χ1n) is 10.9. The van der Waals surface area contributed by atoms with Crippen molar-refractivity contribution in [3.63, 3.8) is 0 Å². The smallest absolute Gasteiger partial charge is 0.253 e. The molecule has 2 aromatic carbocycles. The molecule has 2 unspecified atom stereocenters. The number of hydrogen-bond donors (Lipinski definition) is 2. The highest BCUT2D eigenvalue weighted by Crippen LogP contribution is 2.35. The van der Waals surface area contributed by atoms with Crippen molar-refractivity contribution >= 4 is 5.91 Å². The Bertz CT molecular complexity index is 920. The zero-order valence-electron chi connectivity index (χ0n) is 18.8. The lowest BCUT2D eigenvalue weighted by molar-refractivity contribution is -0.117. The van der Waals surface area contributed by atoms with Crippen LogP contribution in [0.25, 0.3) is 0 Å². The fourth-order valence-corrected chi connectivity index (χ4v) is 3.86. The second kappa shape index (κ2) is 9.34. The molecule has 2 aromatic rings. The van der Waals surface area contributed by atoms with Crippen LogP contribution in [0.15, 0.2) is 83.6 Å². The summed E-state index contributed by atoms with van der Waals surface area (Å²) in [6.07, 6.45) is 3.93. The van der Waals surface area contributed by atoms with Crippen LogP contribution in [0.1, 0.15) is 70.7 Å². The third-order valence-corrected chi connectivity index (χ3v) is 5.83. The van der Waals surface area contributed by atoms with E-state index < -0.39 is 0 Å². The summed E-state index contributed by atoms with van der Waals surface area (Å²) in [5.74, 6) is -0.0180. The molecule has 0 aromatic heterocycles. The number of benzene rings is 2. The number of rotatable bonds is 6. The summed E-state index contributed by atoms with van der Waals surface area (Å²) in [6.45, 7) is 10.8. The van der Waals surface area contributed by atoms with Gasteiger partial charge in [-0.2, -0.15) is 0 Å². The molecule has 3 rings (SSSR count). The van der Waals surface area contributed by atoms with Crippen molar-refractivity contribution < 1.29 is 4.79 Å². The lowest BCUT2D eigenvalue weighted by Gasteiger charge is -2.30. The van der Waals surface area contributed by atoms with Crippen molar-refractivity contribution in [2.45, 2.75) is 59.5 Å². The lowest BCUT2D eigenvalue weighted by atomic mass is 9.79. The van der Waals surface area contributed by atoms with E-state index in [0.29, 0.717) is 0 Å². The first-order chi connectivity index (χ1) is 14.3. The highest BCUT2D eigenvalue weighted by molar-refractivity contribution is 5.97. The Kier molecular flexibility index (Phi) is 6.81. The zero-order chi connectivity index (χ0) is 21.7. The van der Waals surface area contributed by atoms with E-state index in [-0.39, 0.29) is 23.4 Å². The topological polar surface area (TPSA) is 41.1 Å². The van der Waals surface area contributed by atoms with E-state index >= 15 is 0 Å².